The van der Waals surface area contributed by atoms with Crippen LogP contribution in [0.3, 0.4) is 0 Å². The molecule has 0 aromatic heterocycles. The Morgan fingerprint density at radius 1 is 0.462 bits per heavy atom. The fourth-order valence-electron chi connectivity index (χ4n) is 9.05. The number of phosphoric ester groups is 1. The van der Waals surface area contributed by atoms with Crippen molar-refractivity contribution >= 4 is 13.7 Å². The van der Waals surface area contributed by atoms with E-state index < -0.39 is 20.0 Å². The van der Waals surface area contributed by atoms with E-state index in [9.17, 15) is 19.4 Å². The number of hydrogen-bond acceptors (Lipinski definition) is 5. The van der Waals surface area contributed by atoms with E-state index in [2.05, 4.69) is 19.2 Å². The molecule has 8 nitrogen and oxygen atoms in total. The van der Waals surface area contributed by atoms with Crippen LogP contribution in [0.1, 0.15) is 303 Å². The summed E-state index contributed by atoms with van der Waals surface area (Å²) in [6, 6.07) is -0.754. The first-order valence-corrected chi connectivity index (χ1v) is 30.4. The lowest BCUT2D eigenvalue weighted by atomic mass is 10.0. The van der Waals surface area contributed by atoms with Crippen molar-refractivity contribution in [1.82, 2.24) is 5.32 Å². The maximum Gasteiger partial charge on any atom is 0.472 e. The summed E-state index contributed by atoms with van der Waals surface area (Å²) < 4.78 is 23.8. The summed E-state index contributed by atoms with van der Waals surface area (Å²) in [6.45, 7) is 4.94. The lowest BCUT2D eigenvalue weighted by Gasteiger charge is -2.26. The lowest BCUT2D eigenvalue weighted by molar-refractivity contribution is -0.870. The number of unbranched alkanes of at least 4 members (excludes halogenated alkanes) is 41. The average molecular weight is 945 g/mol. The zero-order valence-electron chi connectivity index (χ0n) is 44.5. The second kappa shape index (κ2) is 48.5. The number of phosphoric acid groups is 1. The Morgan fingerprint density at radius 2 is 0.738 bits per heavy atom. The first-order chi connectivity index (χ1) is 31.5. The van der Waals surface area contributed by atoms with Gasteiger partial charge in [0.2, 0.25) is 5.91 Å². The molecule has 0 radical (unpaired) electrons. The van der Waals surface area contributed by atoms with E-state index in [0.29, 0.717) is 23.9 Å². The topological polar surface area (TPSA) is 105 Å². The summed E-state index contributed by atoms with van der Waals surface area (Å²) in [5, 5.41) is 14.0. The maximum atomic E-state index is 13.0. The molecule has 0 aliphatic rings. The average Bonchev–Trinajstić information content (AvgIpc) is 3.26. The SMILES string of the molecule is CCCCCCCCCCCCCCCCCCCCCCCCCCCCCCC(=O)N[C@@H](COP(=O)(O)OCC[N+](C)(C)C)[C@H](O)CCCCCCCCCCCCCCCCC. The highest BCUT2D eigenvalue weighted by atomic mass is 31.2. The summed E-state index contributed by atoms with van der Waals surface area (Å²) >= 11 is 0. The van der Waals surface area contributed by atoms with Gasteiger partial charge in [-0.1, -0.05) is 284 Å². The number of aliphatic hydroxyl groups is 1. The van der Waals surface area contributed by atoms with Gasteiger partial charge < -0.3 is 19.8 Å². The van der Waals surface area contributed by atoms with Crippen molar-refractivity contribution in [2.24, 2.45) is 0 Å². The molecule has 0 spiro atoms. The number of rotatable bonds is 54. The first-order valence-electron chi connectivity index (χ1n) is 28.9. The van der Waals surface area contributed by atoms with Crippen molar-refractivity contribution in [1.29, 1.82) is 0 Å². The van der Waals surface area contributed by atoms with Gasteiger partial charge in [0.15, 0.2) is 0 Å². The number of hydrogen-bond donors (Lipinski definition) is 3. The van der Waals surface area contributed by atoms with E-state index in [4.69, 9.17) is 9.05 Å². The molecule has 0 aromatic rings. The Morgan fingerprint density at radius 3 is 1.03 bits per heavy atom. The van der Waals surface area contributed by atoms with E-state index in [0.717, 1.165) is 38.5 Å². The zero-order valence-corrected chi connectivity index (χ0v) is 45.4. The number of carbonyl (C=O) groups is 1. The highest BCUT2D eigenvalue weighted by Gasteiger charge is 2.28. The standard InChI is InChI=1S/C56H115N2O6P/c1-6-8-10-12-14-16-18-20-22-23-24-25-26-27-28-29-30-31-32-33-34-36-38-40-42-44-46-48-50-56(60)57-54(53-64-65(61,62)63-52-51-58(3,4)5)55(59)49-47-45-43-41-39-37-35-21-19-17-15-13-11-9-7-2/h54-55,59H,6-53H2,1-5H3,(H-,57,60,61,62)/p+1/t54-,55+/m0/s1. The van der Waals surface area contributed by atoms with Gasteiger partial charge in [0.05, 0.1) is 39.9 Å². The number of quaternary nitrogens is 1. The van der Waals surface area contributed by atoms with Crippen molar-refractivity contribution in [3.63, 3.8) is 0 Å². The van der Waals surface area contributed by atoms with Crippen LogP contribution in [0.2, 0.25) is 0 Å². The molecule has 65 heavy (non-hydrogen) atoms. The summed E-state index contributed by atoms with van der Waals surface area (Å²) in [7, 11) is 1.64. The van der Waals surface area contributed by atoms with Crippen molar-refractivity contribution in [2.45, 2.75) is 315 Å². The Bertz CT molecular complexity index is 1030. The predicted octanol–water partition coefficient (Wildman–Crippen LogP) is 17.3. The fourth-order valence-corrected chi connectivity index (χ4v) is 9.79. The molecule has 0 saturated heterocycles. The summed E-state index contributed by atoms with van der Waals surface area (Å²) in [5.74, 6) is -0.136. The molecule has 9 heteroatoms. The van der Waals surface area contributed by atoms with E-state index in [-0.39, 0.29) is 19.1 Å². The van der Waals surface area contributed by atoms with Crippen molar-refractivity contribution < 1.29 is 32.9 Å². The van der Waals surface area contributed by atoms with Crippen LogP contribution in [0.15, 0.2) is 0 Å². The molecule has 0 saturated carbocycles. The molecule has 0 fully saturated rings. The normalized spacial score (nSPS) is 13.9. The minimum Gasteiger partial charge on any atom is -0.391 e. The van der Waals surface area contributed by atoms with Crippen LogP contribution in [0, 0.1) is 0 Å². The number of amides is 1. The molecule has 390 valence electrons. The number of aliphatic hydroxyl groups excluding tert-OH is 1. The predicted molar refractivity (Wildman–Crippen MR) is 282 cm³/mol. The molecule has 0 bridgehead atoms. The maximum absolute atomic E-state index is 13.0. The molecule has 1 unspecified atom stereocenters. The quantitative estimate of drug-likeness (QED) is 0.0319. The number of carbonyl (C=O) groups excluding carboxylic acids is 1. The first kappa shape index (κ1) is 64.5. The molecule has 0 heterocycles. The van der Waals surface area contributed by atoms with Crippen molar-refractivity contribution in [2.75, 3.05) is 40.9 Å². The summed E-state index contributed by atoms with van der Waals surface area (Å²) in [6.07, 6.45) is 57.3. The zero-order chi connectivity index (χ0) is 47.8. The van der Waals surface area contributed by atoms with Crippen LogP contribution in [0.4, 0.5) is 0 Å². The van der Waals surface area contributed by atoms with Gasteiger partial charge in [-0.25, -0.2) is 4.57 Å². The van der Waals surface area contributed by atoms with Crippen LogP contribution in [-0.4, -0.2) is 73.4 Å². The molecule has 0 aromatic carbocycles. The molecule has 3 atom stereocenters. The molecular formula is C56H116N2O6P+. The summed E-state index contributed by atoms with van der Waals surface area (Å²) in [4.78, 5) is 23.3. The van der Waals surface area contributed by atoms with Crippen LogP contribution in [-0.2, 0) is 18.4 Å². The van der Waals surface area contributed by atoms with Gasteiger partial charge in [0.1, 0.15) is 13.2 Å². The van der Waals surface area contributed by atoms with E-state index in [1.807, 2.05) is 21.1 Å². The van der Waals surface area contributed by atoms with E-state index in [1.54, 1.807) is 0 Å². The van der Waals surface area contributed by atoms with Gasteiger partial charge in [0.25, 0.3) is 0 Å². The third kappa shape index (κ3) is 51.2. The van der Waals surface area contributed by atoms with Gasteiger partial charge in [-0.05, 0) is 12.8 Å². The number of nitrogens with one attached hydrogen (secondary N) is 1. The molecule has 0 aliphatic heterocycles. The highest BCUT2D eigenvalue weighted by molar-refractivity contribution is 7.47. The van der Waals surface area contributed by atoms with Gasteiger partial charge >= 0.3 is 7.82 Å². The van der Waals surface area contributed by atoms with Crippen LogP contribution < -0.4 is 5.32 Å². The Labute approximate surface area is 406 Å². The highest BCUT2D eigenvalue weighted by Crippen LogP contribution is 2.43. The van der Waals surface area contributed by atoms with E-state index in [1.165, 1.54) is 238 Å². The largest absolute Gasteiger partial charge is 0.472 e. The van der Waals surface area contributed by atoms with Crippen LogP contribution in [0.25, 0.3) is 0 Å². The second-order valence-electron chi connectivity index (χ2n) is 21.4. The monoisotopic (exact) mass is 944 g/mol. The van der Waals surface area contributed by atoms with Gasteiger partial charge in [-0.15, -0.1) is 0 Å². The minimum absolute atomic E-state index is 0.0790. The molecule has 3 N–H and O–H groups in total. The Kier molecular flexibility index (Phi) is 48.1. The van der Waals surface area contributed by atoms with Gasteiger partial charge in [0, 0.05) is 6.42 Å². The molecule has 0 rings (SSSR count). The molecule has 1 amide bonds. The number of likely N-dealkylation sites (N-methyl/N-ethyl adjacent to an activating group) is 1. The third-order valence-electron chi connectivity index (χ3n) is 13.6. The second-order valence-corrected chi connectivity index (χ2v) is 22.8. The van der Waals surface area contributed by atoms with E-state index >= 15 is 0 Å². The van der Waals surface area contributed by atoms with Crippen molar-refractivity contribution in [3.05, 3.63) is 0 Å². The summed E-state index contributed by atoms with van der Waals surface area (Å²) in [5.41, 5.74) is 0. The Balaban J connectivity index is 4.03. The minimum atomic E-state index is -4.31. The Hall–Kier alpha value is -0.500. The fraction of sp³-hybridized carbons (Fsp3) is 0.982. The van der Waals surface area contributed by atoms with Gasteiger partial charge in [-0.3, -0.25) is 13.8 Å². The number of nitrogens with zero attached hydrogens (tertiary/aromatic N) is 1. The third-order valence-corrected chi connectivity index (χ3v) is 14.6. The van der Waals surface area contributed by atoms with Crippen molar-refractivity contribution in [3.8, 4) is 0 Å². The van der Waals surface area contributed by atoms with Gasteiger partial charge in [-0.2, -0.15) is 0 Å². The molecule has 0 aliphatic carbocycles. The molecular weight excluding hydrogens is 828 g/mol. The van der Waals surface area contributed by atoms with Crippen LogP contribution >= 0.6 is 7.82 Å². The van der Waals surface area contributed by atoms with Crippen LogP contribution in [0.5, 0.6) is 0 Å². The lowest BCUT2D eigenvalue weighted by Crippen LogP contribution is -2.46. The smallest absolute Gasteiger partial charge is 0.391 e.